The van der Waals surface area contributed by atoms with Gasteiger partial charge in [0.25, 0.3) is 5.91 Å². The van der Waals surface area contributed by atoms with Crippen molar-refractivity contribution < 1.29 is 19.1 Å². The third-order valence-electron chi connectivity index (χ3n) is 4.53. The fourth-order valence-electron chi connectivity index (χ4n) is 2.92. The number of likely N-dealkylation sites (N-methyl/N-ethyl adjacent to an activating group) is 1. The average molecular weight is 412 g/mol. The zero-order valence-electron chi connectivity index (χ0n) is 17.8. The number of nitrogens with one attached hydrogen (secondary N) is 2. The molecule has 0 saturated carbocycles. The number of hydrogen-bond donors (Lipinski definition) is 2. The number of carbonyl (C=O) groups excluding carboxylic acids is 3. The van der Waals surface area contributed by atoms with E-state index in [1.807, 2.05) is 43.3 Å². The van der Waals surface area contributed by atoms with Crippen molar-refractivity contribution in [1.29, 1.82) is 0 Å². The van der Waals surface area contributed by atoms with E-state index in [0.29, 0.717) is 12.2 Å². The average Bonchev–Trinajstić information content (AvgIpc) is 2.73. The van der Waals surface area contributed by atoms with Crippen LogP contribution in [0.1, 0.15) is 27.7 Å². The predicted molar refractivity (Wildman–Crippen MR) is 117 cm³/mol. The highest BCUT2D eigenvalue weighted by atomic mass is 16.5. The molecule has 2 rings (SSSR count). The fraction of sp³-hybridized carbons (Fsp3) is 0.348. The van der Waals surface area contributed by atoms with Crippen LogP contribution in [0.4, 0.5) is 16.2 Å². The van der Waals surface area contributed by atoms with Crippen LogP contribution in [-0.2, 0) is 14.3 Å². The van der Waals surface area contributed by atoms with Crippen molar-refractivity contribution in [3.8, 4) is 0 Å². The molecule has 160 valence electrons. The Morgan fingerprint density at radius 3 is 2.03 bits per heavy atom. The zero-order chi connectivity index (χ0) is 22.1. The van der Waals surface area contributed by atoms with Crippen molar-refractivity contribution in [1.82, 2.24) is 5.32 Å². The van der Waals surface area contributed by atoms with Crippen LogP contribution < -0.4 is 15.5 Å². The van der Waals surface area contributed by atoms with E-state index in [1.54, 1.807) is 43.0 Å². The van der Waals surface area contributed by atoms with E-state index in [1.165, 1.54) is 6.92 Å². The molecule has 2 N–H and O–H groups in total. The lowest BCUT2D eigenvalue weighted by Crippen LogP contribution is -2.49. The predicted octanol–water partition coefficient (Wildman–Crippen LogP) is 3.82. The third kappa shape index (κ3) is 6.34. The van der Waals surface area contributed by atoms with Crippen LogP contribution in [0.3, 0.4) is 0 Å². The molecule has 0 aromatic heterocycles. The van der Waals surface area contributed by atoms with Crippen molar-refractivity contribution in [2.75, 3.05) is 16.8 Å². The number of anilines is 2. The second-order valence-electron chi connectivity index (χ2n) is 7.18. The van der Waals surface area contributed by atoms with Gasteiger partial charge in [0, 0.05) is 17.9 Å². The summed E-state index contributed by atoms with van der Waals surface area (Å²) >= 11 is 0. The summed E-state index contributed by atoms with van der Waals surface area (Å²) in [5.41, 5.74) is 1.34. The molecule has 0 aliphatic carbocycles. The van der Waals surface area contributed by atoms with Crippen LogP contribution in [0, 0.1) is 5.92 Å². The monoisotopic (exact) mass is 411 g/mol. The number of carbonyl (C=O) groups is 3. The zero-order valence-corrected chi connectivity index (χ0v) is 17.8. The SMILES string of the molecule is CCN(C(=O)[C@@H](C)OC(=O)[C@@H](NC(=O)Nc1ccccc1)C(C)C)c1ccccc1. The molecular weight excluding hydrogens is 382 g/mol. The summed E-state index contributed by atoms with van der Waals surface area (Å²) in [4.78, 5) is 39.4. The van der Waals surface area contributed by atoms with Gasteiger partial charge in [-0.15, -0.1) is 0 Å². The summed E-state index contributed by atoms with van der Waals surface area (Å²) in [5.74, 6) is -1.20. The molecule has 0 saturated heterocycles. The highest BCUT2D eigenvalue weighted by Crippen LogP contribution is 2.16. The van der Waals surface area contributed by atoms with Gasteiger partial charge in [0.1, 0.15) is 6.04 Å². The lowest BCUT2D eigenvalue weighted by Gasteiger charge is -2.27. The van der Waals surface area contributed by atoms with E-state index in [9.17, 15) is 14.4 Å². The normalized spacial score (nSPS) is 12.6. The Bertz CT molecular complexity index is 840. The van der Waals surface area contributed by atoms with E-state index in [2.05, 4.69) is 10.6 Å². The Morgan fingerprint density at radius 2 is 1.50 bits per heavy atom. The lowest BCUT2D eigenvalue weighted by atomic mass is 10.0. The van der Waals surface area contributed by atoms with Crippen LogP contribution >= 0.6 is 0 Å². The van der Waals surface area contributed by atoms with Gasteiger partial charge in [-0.1, -0.05) is 50.2 Å². The Morgan fingerprint density at radius 1 is 0.933 bits per heavy atom. The van der Waals surface area contributed by atoms with Gasteiger partial charge >= 0.3 is 12.0 Å². The first-order valence-electron chi connectivity index (χ1n) is 10.0. The molecule has 30 heavy (non-hydrogen) atoms. The first-order valence-corrected chi connectivity index (χ1v) is 10.0. The molecule has 0 heterocycles. The summed E-state index contributed by atoms with van der Waals surface area (Å²) in [6, 6.07) is 16.7. The van der Waals surface area contributed by atoms with Crippen LogP contribution in [-0.4, -0.2) is 36.6 Å². The number of hydrogen-bond acceptors (Lipinski definition) is 4. The van der Waals surface area contributed by atoms with Crippen molar-refractivity contribution in [3.63, 3.8) is 0 Å². The Hall–Kier alpha value is -3.35. The number of urea groups is 1. The molecule has 0 spiro atoms. The summed E-state index contributed by atoms with van der Waals surface area (Å²) in [7, 11) is 0. The molecule has 0 aliphatic rings. The summed E-state index contributed by atoms with van der Waals surface area (Å²) in [5, 5.41) is 5.31. The first-order chi connectivity index (χ1) is 14.3. The molecule has 0 aliphatic heterocycles. The third-order valence-corrected chi connectivity index (χ3v) is 4.53. The molecule has 7 nitrogen and oxygen atoms in total. The van der Waals surface area contributed by atoms with Crippen LogP contribution in [0.15, 0.2) is 60.7 Å². The first kappa shape index (κ1) is 22.9. The second-order valence-corrected chi connectivity index (χ2v) is 7.18. The van der Waals surface area contributed by atoms with Crippen molar-refractivity contribution in [3.05, 3.63) is 60.7 Å². The maximum Gasteiger partial charge on any atom is 0.329 e. The lowest BCUT2D eigenvalue weighted by molar-refractivity contribution is -0.156. The van der Waals surface area contributed by atoms with Gasteiger partial charge in [-0.3, -0.25) is 4.79 Å². The molecule has 3 amide bonds. The summed E-state index contributed by atoms with van der Waals surface area (Å²) in [6.07, 6.45) is -0.988. The smallest absolute Gasteiger partial charge is 0.329 e. The summed E-state index contributed by atoms with van der Waals surface area (Å²) in [6.45, 7) is 7.42. The van der Waals surface area contributed by atoms with E-state index < -0.39 is 24.1 Å². The second kappa shape index (κ2) is 11.0. The van der Waals surface area contributed by atoms with Gasteiger partial charge in [-0.05, 0) is 44.0 Å². The quantitative estimate of drug-likeness (QED) is 0.647. The molecule has 0 fully saturated rings. The van der Waals surface area contributed by atoms with Crippen molar-refractivity contribution in [2.24, 2.45) is 5.92 Å². The molecule has 0 bridgehead atoms. The van der Waals surface area contributed by atoms with Gasteiger partial charge in [0.15, 0.2) is 6.10 Å². The number of rotatable bonds is 8. The maximum atomic E-state index is 12.8. The number of ether oxygens (including phenoxy) is 1. The van der Waals surface area contributed by atoms with Crippen molar-refractivity contribution >= 4 is 29.3 Å². The number of benzene rings is 2. The van der Waals surface area contributed by atoms with Gasteiger partial charge in [0.2, 0.25) is 0 Å². The van der Waals surface area contributed by atoms with Gasteiger partial charge in [-0.25, -0.2) is 9.59 Å². The highest BCUT2D eigenvalue weighted by Gasteiger charge is 2.30. The highest BCUT2D eigenvalue weighted by molar-refractivity contribution is 5.98. The van der Waals surface area contributed by atoms with Crippen molar-refractivity contribution in [2.45, 2.75) is 39.8 Å². The number of esters is 1. The number of amides is 3. The minimum Gasteiger partial charge on any atom is -0.451 e. The van der Waals surface area contributed by atoms with Gasteiger partial charge in [0.05, 0.1) is 0 Å². The van der Waals surface area contributed by atoms with Crippen LogP contribution in [0.25, 0.3) is 0 Å². The largest absolute Gasteiger partial charge is 0.451 e. The Kier molecular flexibility index (Phi) is 8.41. The molecule has 2 aromatic carbocycles. The van der Waals surface area contributed by atoms with Gasteiger partial charge < -0.3 is 20.3 Å². The molecule has 7 heteroatoms. The van der Waals surface area contributed by atoms with Crippen LogP contribution in [0.5, 0.6) is 0 Å². The number of para-hydroxylation sites is 2. The minimum atomic E-state index is -0.988. The minimum absolute atomic E-state index is 0.224. The maximum absolute atomic E-state index is 12.8. The standard InChI is InChI=1S/C23H29N3O4/c1-5-26(19-14-10-7-11-15-19)21(27)17(4)30-22(28)20(16(2)3)25-23(29)24-18-12-8-6-9-13-18/h6-17,20H,5H2,1-4H3,(H2,24,25,29)/t17-,20+/m1/s1. The summed E-state index contributed by atoms with van der Waals surface area (Å²) < 4.78 is 5.42. The molecule has 0 radical (unpaired) electrons. The topological polar surface area (TPSA) is 87.7 Å². The Balaban J connectivity index is 2.01. The molecular formula is C23H29N3O4. The van der Waals surface area contributed by atoms with E-state index in [-0.39, 0.29) is 11.8 Å². The Labute approximate surface area is 177 Å². The van der Waals surface area contributed by atoms with Gasteiger partial charge in [-0.2, -0.15) is 0 Å². The van der Waals surface area contributed by atoms with E-state index in [0.717, 1.165) is 5.69 Å². The van der Waals surface area contributed by atoms with E-state index in [4.69, 9.17) is 4.74 Å². The molecule has 2 aromatic rings. The van der Waals surface area contributed by atoms with Crippen LogP contribution in [0.2, 0.25) is 0 Å². The number of nitrogens with zero attached hydrogens (tertiary/aromatic N) is 1. The molecule has 2 atom stereocenters. The van der Waals surface area contributed by atoms with E-state index >= 15 is 0 Å². The fourth-order valence-corrected chi connectivity index (χ4v) is 2.92. The molecule has 0 unspecified atom stereocenters.